The van der Waals surface area contributed by atoms with Crippen molar-refractivity contribution in [3.63, 3.8) is 0 Å². The van der Waals surface area contributed by atoms with Gasteiger partial charge in [-0.2, -0.15) is 0 Å². The standard InChI is InChI=1S/C18H33NO6/c1-2-3-4-5-6-7-8-9-10-11-12-19(13-16(20)21,14-17(22)23)15-18(24)25/h2-15H2,1H3,(H2-,20,21,22,23,24,25)/p+1. The van der Waals surface area contributed by atoms with Crippen LogP contribution in [-0.4, -0.2) is 63.9 Å². The van der Waals surface area contributed by atoms with Crippen LogP contribution < -0.4 is 0 Å². The summed E-state index contributed by atoms with van der Waals surface area (Å²) in [6.07, 6.45) is 11.1. The highest BCUT2D eigenvalue weighted by molar-refractivity contribution is 5.73. The molecule has 0 rings (SSSR count). The number of nitrogens with zero attached hydrogens (tertiary/aromatic N) is 1. The maximum Gasteiger partial charge on any atom is 0.359 e. The molecule has 0 aromatic carbocycles. The van der Waals surface area contributed by atoms with Gasteiger partial charge < -0.3 is 15.3 Å². The highest BCUT2D eigenvalue weighted by Gasteiger charge is 2.35. The number of hydrogen-bond donors (Lipinski definition) is 3. The van der Waals surface area contributed by atoms with Gasteiger partial charge in [-0.15, -0.1) is 0 Å². The topological polar surface area (TPSA) is 112 Å². The Morgan fingerprint density at radius 3 is 1.24 bits per heavy atom. The Labute approximate surface area is 150 Å². The molecule has 25 heavy (non-hydrogen) atoms. The fourth-order valence-corrected chi connectivity index (χ4v) is 3.20. The fourth-order valence-electron chi connectivity index (χ4n) is 3.20. The van der Waals surface area contributed by atoms with E-state index in [1.165, 1.54) is 38.5 Å². The zero-order chi connectivity index (χ0) is 19.1. The molecule has 0 spiro atoms. The Morgan fingerprint density at radius 1 is 0.600 bits per heavy atom. The number of quaternary nitrogens is 1. The second-order valence-corrected chi connectivity index (χ2v) is 6.90. The number of carboxylic acids is 3. The average Bonchev–Trinajstić information content (AvgIpc) is 2.47. The molecule has 146 valence electrons. The third kappa shape index (κ3) is 13.3. The fraction of sp³-hybridized carbons (Fsp3) is 0.833. The maximum atomic E-state index is 11.1. The Morgan fingerprint density at radius 2 is 0.920 bits per heavy atom. The molecule has 0 aliphatic carbocycles. The second kappa shape index (κ2) is 13.6. The molecule has 0 heterocycles. The van der Waals surface area contributed by atoms with Gasteiger partial charge in [-0.05, 0) is 12.8 Å². The molecular formula is C18H34NO6+. The Hall–Kier alpha value is -1.63. The number of unbranched alkanes of at least 4 members (excludes halogenated alkanes) is 9. The van der Waals surface area contributed by atoms with Gasteiger partial charge in [-0.3, -0.25) is 4.48 Å². The van der Waals surface area contributed by atoms with Crippen LogP contribution in [0.3, 0.4) is 0 Å². The van der Waals surface area contributed by atoms with Crippen molar-refractivity contribution in [3.05, 3.63) is 0 Å². The van der Waals surface area contributed by atoms with Gasteiger partial charge in [-0.1, -0.05) is 58.3 Å². The molecule has 0 saturated heterocycles. The molecule has 7 heteroatoms. The first-order valence-corrected chi connectivity index (χ1v) is 9.32. The van der Waals surface area contributed by atoms with Crippen LogP contribution in [0.25, 0.3) is 0 Å². The van der Waals surface area contributed by atoms with Crippen LogP contribution in [0, 0.1) is 0 Å². The monoisotopic (exact) mass is 360 g/mol. The summed E-state index contributed by atoms with van der Waals surface area (Å²) in [4.78, 5) is 33.2. The van der Waals surface area contributed by atoms with E-state index in [4.69, 9.17) is 15.3 Å². The van der Waals surface area contributed by atoms with E-state index in [-0.39, 0.29) is 6.54 Å². The van der Waals surface area contributed by atoms with Gasteiger partial charge in [0.05, 0.1) is 6.54 Å². The Balaban J connectivity index is 4.22. The van der Waals surface area contributed by atoms with Crippen LogP contribution >= 0.6 is 0 Å². The van der Waals surface area contributed by atoms with Crippen molar-refractivity contribution in [2.45, 2.75) is 71.1 Å². The average molecular weight is 360 g/mol. The van der Waals surface area contributed by atoms with E-state index in [9.17, 15) is 14.4 Å². The number of aliphatic carboxylic acids is 3. The summed E-state index contributed by atoms with van der Waals surface area (Å²) in [6, 6.07) is 0. The lowest BCUT2D eigenvalue weighted by Gasteiger charge is -2.34. The zero-order valence-corrected chi connectivity index (χ0v) is 15.4. The SMILES string of the molecule is CCCCCCCCCCCC[N+](CC(=O)O)(CC(=O)O)CC(=O)O. The van der Waals surface area contributed by atoms with Crippen molar-refractivity contribution in [3.8, 4) is 0 Å². The van der Waals surface area contributed by atoms with Crippen molar-refractivity contribution >= 4 is 17.9 Å². The molecule has 0 saturated carbocycles. The van der Waals surface area contributed by atoms with Crippen molar-refractivity contribution in [2.75, 3.05) is 26.2 Å². The minimum atomic E-state index is -1.17. The van der Waals surface area contributed by atoms with Crippen LogP contribution in [0.5, 0.6) is 0 Å². The molecule has 0 aromatic heterocycles. The Bertz CT molecular complexity index is 370. The number of hydrogen-bond acceptors (Lipinski definition) is 3. The van der Waals surface area contributed by atoms with Gasteiger partial charge in [-0.25, -0.2) is 14.4 Å². The predicted octanol–water partition coefficient (Wildman–Crippen LogP) is 2.98. The van der Waals surface area contributed by atoms with Crippen LogP contribution in [0.1, 0.15) is 71.1 Å². The number of carboxylic acid groups (broad SMARTS) is 3. The lowest BCUT2D eigenvalue weighted by atomic mass is 10.1. The van der Waals surface area contributed by atoms with Crippen LogP contribution in [0.15, 0.2) is 0 Å². The molecular weight excluding hydrogens is 326 g/mol. The smallest absolute Gasteiger partial charge is 0.359 e. The van der Waals surface area contributed by atoms with Crippen LogP contribution in [0.2, 0.25) is 0 Å². The highest BCUT2D eigenvalue weighted by atomic mass is 16.4. The van der Waals surface area contributed by atoms with Gasteiger partial charge >= 0.3 is 17.9 Å². The van der Waals surface area contributed by atoms with Gasteiger partial charge in [0.25, 0.3) is 0 Å². The van der Waals surface area contributed by atoms with Crippen molar-refractivity contribution in [1.82, 2.24) is 0 Å². The van der Waals surface area contributed by atoms with Crippen molar-refractivity contribution in [2.24, 2.45) is 0 Å². The summed E-state index contributed by atoms with van der Waals surface area (Å²) in [7, 11) is 0. The molecule has 0 radical (unpaired) electrons. The molecule has 0 bridgehead atoms. The minimum Gasteiger partial charge on any atom is -0.477 e. The summed E-state index contributed by atoms with van der Waals surface area (Å²) in [5.41, 5.74) is 0. The lowest BCUT2D eigenvalue weighted by molar-refractivity contribution is -0.907. The summed E-state index contributed by atoms with van der Waals surface area (Å²) in [5, 5.41) is 27.1. The molecule has 0 amide bonds. The van der Waals surface area contributed by atoms with Gasteiger partial charge in [0.2, 0.25) is 0 Å². The highest BCUT2D eigenvalue weighted by Crippen LogP contribution is 2.14. The van der Waals surface area contributed by atoms with Gasteiger partial charge in [0.15, 0.2) is 19.6 Å². The molecule has 0 aliphatic rings. The first kappa shape index (κ1) is 23.4. The summed E-state index contributed by atoms with van der Waals surface area (Å²) < 4.78 is -0.434. The molecule has 0 atom stereocenters. The third-order valence-corrected chi connectivity index (χ3v) is 4.40. The molecule has 0 fully saturated rings. The van der Waals surface area contributed by atoms with E-state index >= 15 is 0 Å². The summed E-state index contributed by atoms with van der Waals surface area (Å²) in [6.45, 7) is 1.03. The zero-order valence-electron chi connectivity index (χ0n) is 15.4. The van der Waals surface area contributed by atoms with E-state index in [0.29, 0.717) is 6.42 Å². The second-order valence-electron chi connectivity index (χ2n) is 6.90. The molecule has 7 nitrogen and oxygen atoms in total. The van der Waals surface area contributed by atoms with E-state index in [0.717, 1.165) is 19.3 Å². The van der Waals surface area contributed by atoms with E-state index in [2.05, 4.69) is 6.92 Å². The largest absolute Gasteiger partial charge is 0.477 e. The first-order chi connectivity index (χ1) is 11.8. The van der Waals surface area contributed by atoms with Gasteiger partial charge in [0, 0.05) is 0 Å². The maximum absolute atomic E-state index is 11.1. The van der Waals surface area contributed by atoms with Crippen molar-refractivity contribution in [1.29, 1.82) is 0 Å². The van der Waals surface area contributed by atoms with E-state index in [1.54, 1.807) is 0 Å². The van der Waals surface area contributed by atoms with Gasteiger partial charge in [0.1, 0.15) is 0 Å². The molecule has 0 aromatic rings. The van der Waals surface area contributed by atoms with E-state index < -0.39 is 42.0 Å². The normalized spacial score (nSPS) is 11.4. The quantitative estimate of drug-likeness (QED) is 0.271. The minimum absolute atomic E-state index is 0.265. The summed E-state index contributed by atoms with van der Waals surface area (Å²) >= 11 is 0. The molecule has 3 N–H and O–H groups in total. The number of carbonyl (C=O) groups is 3. The predicted molar refractivity (Wildman–Crippen MR) is 94.5 cm³/mol. The summed E-state index contributed by atoms with van der Waals surface area (Å²) in [5.74, 6) is -3.52. The molecule has 0 unspecified atom stereocenters. The lowest BCUT2D eigenvalue weighted by Crippen LogP contribution is -2.57. The Kier molecular flexibility index (Phi) is 12.7. The number of rotatable bonds is 17. The van der Waals surface area contributed by atoms with E-state index in [1.807, 2.05) is 0 Å². The van der Waals surface area contributed by atoms with Crippen LogP contribution in [0.4, 0.5) is 0 Å². The first-order valence-electron chi connectivity index (χ1n) is 9.32. The van der Waals surface area contributed by atoms with Crippen molar-refractivity contribution < 1.29 is 34.2 Å². The molecule has 0 aliphatic heterocycles. The third-order valence-electron chi connectivity index (χ3n) is 4.40. The van der Waals surface area contributed by atoms with Crippen LogP contribution in [-0.2, 0) is 14.4 Å².